The molecule has 3 unspecified atom stereocenters. The van der Waals surface area contributed by atoms with Gasteiger partial charge in [0.1, 0.15) is 0 Å². The summed E-state index contributed by atoms with van der Waals surface area (Å²) in [4.78, 5) is 0. The van der Waals surface area contributed by atoms with Gasteiger partial charge in [0.15, 0.2) is 0 Å². The molecular weight excluding hydrogens is 299 g/mol. The Labute approximate surface area is 128 Å². The van der Waals surface area contributed by atoms with Crippen molar-refractivity contribution >= 4 is 34.8 Å². The van der Waals surface area contributed by atoms with Crippen molar-refractivity contribution < 1.29 is 0 Å². The van der Waals surface area contributed by atoms with Crippen molar-refractivity contribution in [1.82, 2.24) is 0 Å². The third kappa shape index (κ3) is 2.76. The molecule has 98 valence electrons. The van der Waals surface area contributed by atoms with Crippen molar-refractivity contribution in [3.05, 3.63) is 69.7 Å². The zero-order valence-corrected chi connectivity index (χ0v) is 12.5. The molecule has 0 aliphatic heterocycles. The van der Waals surface area contributed by atoms with Crippen molar-refractivity contribution in [2.75, 3.05) is 0 Å². The lowest BCUT2D eigenvalue weighted by atomic mass is 10.0. The first-order valence-electron chi connectivity index (χ1n) is 6.31. The molecule has 1 aliphatic carbocycles. The second-order valence-corrected chi connectivity index (χ2v) is 6.30. The smallest absolute Gasteiger partial charge is 0.0634 e. The van der Waals surface area contributed by atoms with Gasteiger partial charge in [0.2, 0.25) is 0 Å². The summed E-state index contributed by atoms with van der Waals surface area (Å²) in [6.45, 7) is 0. The van der Waals surface area contributed by atoms with Gasteiger partial charge < -0.3 is 0 Å². The Bertz CT molecular complexity index is 580. The molecule has 1 saturated carbocycles. The average Bonchev–Trinajstić information content (AvgIpc) is 3.22. The number of hydrogen-bond donors (Lipinski definition) is 0. The van der Waals surface area contributed by atoms with Crippen LogP contribution in [-0.4, -0.2) is 0 Å². The Morgan fingerprint density at radius 3 is 2.47 bits per heavy atom. The van der Waals surface area contributed by atoms with Crippen LogP contribution >= 0.6 is 34.8 Å². The highest BCUT2D eigenvalue weighted by Crippen LogP contribution is 2.57. The molecule has 19 heavy (non-hydrogen) atoms. The molecule has 0 saturated heterocycles. The molecule has 1 fully saturated rings. The largest absolute Gasteiger partial charge is 0.117 e. The van der Waals surface area contributed by atoms with Gasteiger partial charge in [0.25, 0.3) is 0 Å². The van der Waals surface area contributed by atoms with Crippen LogP contribution in [0.3, 0.4) is 0 Å². The van der Waals surface area contributed by atoms with E-state index >= 15 is 0 Å². The highest BCUT2D eigenvalue weighted by molar-refractivity contribution is 6.34. The normalized spacial score (nSPS) is 23.1. The molecule has 2 aromatic rings. The lowest BCUT2D eigenvalue weighted by Crippen LogP contribution is -1.96. The van der Waals surface area contributed by atoms with Crippen LogP contribution < -0.4 is 0 Å². The quantitative estimate of drug-likeness (QED) is 0.603. The lowest BCUT2D eigenvalue weighted by molar-refractivity contribution is 0.764. The molecule has 2 aromatic carbocycles. The highest BCUT2D eigenvalue weighted by Gasteiger charge is 2.44. The van der Waals surface area contributed by atoms with Gasteiger partial charge in [0, 0.05) is 10.0 Å². The van der Waals surface area contributed by atoms with Crippen molar-refractivity contribution in [2.24, 2.45) is 5.92 Å². The van der Waals surface area contributed by atoms with Gasteiger partial charge in [0.05, 0.1) is 5.38 Å². The van der Waals surface area contributed by atoms with E-state index in [0.717, 1.165) is 12.0 Å². The van der Waals surface area contributed by atoms with Crippen LogP contribution in [0, 0.1) is 5.92 Å². The Hall–Kier alpha value is -0.690. The molecule has 0 aromatic heterocycles. The first-order valence-corrected chi connectivity index (χ1v) is 7.50. The zero-order valence-electron chi connectivity index (χ0n) is 10.2. The maximum absolute atomic E-state index is 6.58. The minimum atomic E-state index is -0.0728. The Kier molecular flexibility index (Phi) is 3.75. The van der Waals surface area contributed by atoms with Crippen molar-refractivity contribution in [2.45, 2.75) is 17.7 Å². The molecule has 1 aliphatic rings. The van der Waals surface area contributed by atoms with Gasteiger partial charge in [-0.1, -0.05) is 53.5 Å². The maximum atomic E-state index is 6.58. The van der Waals surface area contributed by atoms with Crippen molar-refractivity contribution in [3.63, 3.8) is 0 Å². The summed E-state index contributed by atoms with van der Waals surface area (Å²) in [5.74, 6) is 0.985. The molecule has 0 spiro atoms. The van der Waals surface area contributed by atoms with Crippen LogP contribution in [0.25, 0.3) is 0 Å². The third-order valence-corrected chi connectivity index (χ3v) is 4.84. The molecule has 0 amide bonds. The van der Waals surface area contributed by atoms with E-state index in [-0.39, 0.29) is 5.38 Å². The fourth-order valence-electron chi connectivity index (χ4n) is 2.58. The predicted octanol–water partition coefficient (Wildman–Crippen LogP) is 6.08. The number of halogens is 3. The fraction of sp³-hybridized carbons (Fsp3) is 0.250. The third-order valence-electron chi connectivity index (χ3n) is 3.70. The Morgan fingerprint density at radius 2 is 1.74 bits per heavy atom. The maximum Gasteiger partial charge on any atom is 0.0634 e. The van der Waals surface area contributed by atoms with E-state index in [4.69, 9.17) is 34.8 Å². The Morgan fingerprint density at radius 1 is 1.00 bits per heavy atom. The summed E-state index contributed by atoms with van der Waals surface area (Å²) in [6, 6.07) is 16.0. The van der Waals surface area contributed by atoms with E-state index < -0.39 is 0 Å². The highest BCUT2D eigenvalue weighted by atomic mass is 35.5. The zero-order chi connectivity index (χ0) is 13.4. The number of alkyl halides is 1. The molecule has 0 heterocycles. The van der Waals surface area contributed by atoms with Gasteiger partial charge in [-0.2, -0.15) is 0 Å². The molecule has 0 nitrogen and oxygen atoms in total. The summed E-state index contributed by atoms with van der Waals surface area (Å²) in [6.07, 6.45) is 1.11. The van der Waals surface area contributed by atoms with Gasteiger partial charge in [-0.25, -0.2) is 0 Å². The van der Waals surface area contributed by atoms with Gasteiger partial charge in [-0.3, -0.25) is 0 Å². The van der Waals surface area contributed by atoms with Crippen LogP contribution in [-0.2, 0) is 0 Å². The van der Waals surface area contributed by atoms with Crippen LogP contribution in [0.4, 0.5) is 0 Å². The monoisotopic (exact) mass is 310 g/mol. The summed E-state index contributed by atoms with van der Waals surface area (Å²) < 4.78 is 0. The summed E-state index contributed by atoms with van der Waals surface area (Å²) in [5.41, 5.74) is 2.30. The average molecular weight is 312 g/mol. The van der Waals surface area contributed by atoms with E-state index in [1.54, 1.807) is 6.07 Å². The van der Waals surface area contributed by atoms with E-state index in [1.807, 2.05) is 18.2 Å². The molecule has 3 rings (SSSR count). The number of hydrogen-bond acceptors (Lipinski definition) is 0. The van der Waals surface area contributed by atoms with Gasteiger partial charge in [-0.15, -0.1) is 11.6 Å². The van der Waals surface area contributed by atoms with Gasteiger partial charge in [-0.05, 0) is 47.6 Å². The first kappa shape index (κ1) is 13.3. The summed E-state index contributed by atoms with van der Waals surface area (Å²) in [7, 11) is 0. The van der Waals surface area contributed by atoms with Crippen molar-refractivity contribution in [1.29, 1.82) is 0 Å². The minimum Gasteiger partial charge on any atom is -0.117 e. The summed E-state index contributed by atoms with van der Waals surface area (Å²) >= 11 is 18.8. The molecule has 3 heteroatoms. The number of benzene rings is 2. The van der Waals surface area contributed by atoms with E-state index in [1.165, 1.54) is 5.56 Å². The predicted molar refractivity (Wildman–Crippen MR) is 82.3 cm³/mol. The second kappa shape index (κ2) is 5.36. The van der Waals surface area contributed by atoms with Crippen LogP contribution in [0.1, 0.15) is 28.8 Å². The molecule has 0 N–H and O–H groups in total. The minimum absolute atomic E-state index is 0.0728. The SMILES string of the molecule is Clc1ccc(Cl)c(C(Cl)C2CC2c2ccccc2)c1. The van der Waals surface area contributed by atoms with E-state index in [9.17, 15) is 0 Å². The van der Waals surface area contributed by atoms with Crippen LogP contribution in [0.2, 0.25) is 10.0 Å². The lowest BCUT2D eigenvalue weighted by Gasteiger charge is -2.12. The number of rotatable bonds is 3. The summed E-state index contributed by atoms with van der Waals surface area (Å²) in [5, 5.41) is 1.31. The van der Waals surface area contributed by atoms with E-state index in [2.05, 4.69) is 24.3 Å². The van der Waals surface area contributed by atoms with Crippen LogP contribution in [0.15, 0.2) is 48.5 Å². The molecule has 0 bridgehead atoms. The van der Waals surface area contributed by atoms with E-state index in [0.29, 0.717) is 21.9 Å². The topological polar surface area (TPSA) is 0 Å². The standard InChI is InChI=1S/C16H13Cl3/c17-11-6-7-15(18)14(8-11)16(19)13-9-12(13)10-4-2-1-3-5-10/h1-8,12-13,16H,9H2. The molecule has 3 atom stereocenters. The second-order valence-electron chi connectivity index (χ2n) is 4.98. The van der Waals surface area contributed by atoms with Crippen LogP contribution in [0.5, 0.6) is 0 Å². The molecule has 0 radical (unpaired) electrons. The molecular formula is C16H13Cl3. The first-order chi connectivity index (χ1) is 9.16. The fourth-order valence-corrected chi connectivity index (χ4v) is 3.51. The Balaban J connectivity index is 1.80. The van der Waals surface area contributed by atoms with Gasteiger partial charge >= 0.3 is 0 Å². The van der Waals surface area contributed by atoms with Crippen molar-refractivity contribution in [3.8, 4) is 0 Å².